The Kier molecular flexibility index (Phi) is 7.61. The standard InChI is InChI=1S/C26H30ClN3O2/c27-23-5-6-24-22(18-23)4-3-19(2-1-11-29-32)16-25(24)21-9-14-30(15-10-21)26(31)17-20-7-12-28-13-8-20/h1-2,5-8,11-13,18,21,25,29,32H,3-4,9-10,14-17H2/b11-1-,19-2-. The van der Waals surface area contributed by atoms with E-state index in [1.807, 2.05) is 29.2 Å². The number of amides is 1. The van der Waals surface area contributed by atoms with Gasteiger partial charge in [-0.15, -0.1) is 0 Å². The molecule has 5 nitrogen and oxygen atoms in total. The first-order valence-corrected chi connectivity index (χ1v) is 11.7. The Morgan fingerprint density at radius 1 is 1.19 bits per heavy atom. The number of nitrogens with one attached hydrogen (secondary N) is 1. The number of fused-ring (bicyclic) bond motifs is 1. The number of halogens is 1. The Morgan fingerprint density at radius 3 is 2.72 bits per heavy atom. The maximum absolute atomic E-state index is 12.8. The molecule has 4 rings (SSSR count). The fourth-order valence-electron chi connectivity index (χ4n) is 5.08. The summed E-state index contributed by atoms with van der Waals surface area (Å²) in [6.07, 6.45) is 14.4. The molecule has 1 atom stereocenters. The molecule has 168 valence electrons. The van der Waals surface area contributed by atoms with Gasteiger partial charge in [0.1, 0.15) is 0 Å². The lowest BCUT2D eigenvalue weighted by molar-refractivity contribution is -0.131. The zero-order valence-corrected chi connectivity index (χ0v) is 19.0. The van der Waals surface area contributed by atoms with Crippen LogP contribution in [-0.4, -0.2) is 34.1 Å². The van der Waals surface area contributed by atoms with Gasteiger partial charge in [-0.25, -0.2) is 0 Å². The van der Waals surface area contributed by atoms with Crippen LogP contribution in [0.2, 0.25) is 5.02 Å². The summed E-state index contributed by atoms with van der Waals surface area (Å²) in [6, 6.07) is 10.1. The molecule has 32 heavy (non-hydrogen) atoms. The number of benzene rings is 1. The highest BCUT2D eigenvalue weighted by Gasteiger charge is 2.32. The second-order valence-electron chi connectivity index (χ2n) is 8.72. The van der Waals surface area contributed by atoms with Crippen molar-refractivity contribution in [3.8, 4) is 0 Å². The van der Waals surface area contributed by atoms with Gasteiger partial charge in [0.2, 0.25) is 5.91 Å². The van der Waals surface area contributed by atoms with E-state index in [9.17, 15) is 4.79 Å². The minimum absolute atomic E-state index is 0.199. The number of pyridine rings is 1. The van der Waals surface area contributed by atoms with Crippen molar-refractivity contribution in [2.45, 2.75) is 44.4 Å². The third-order valence-corrected chi connectivity index (χ3v) is 7.01. The molecule has 0 spiro atoms. The van der Waals surface area contributed by atoms with Crippen molar-refractivity contribution in [2.24, 2.45) is 5.92 Å². The molecule has 1 aliphatic heterocycles. The largest absolute Gasteiger partial charge is 0.342 e. The monoisotopic (exact) mass is 451 g/mol. The summed E-state index contributed by atoms with van der Waals surface area (Å²) in [7, 11) is 0. The van der Waals surface area contributed by atoms with Crippen molar-refractivity contribution in [3.05, 3.63) is 88.4 Å². The molecule has 1 fully saturated rings. The summed E-state index contributed by atoms with van der Waals surface area (Å²) in [5.41, 5.74) is 7.21. The number of aromatic nitrogens is 1. The SMILES string of the molecule is O=C(Cc1ccncc1)N1CCC(C2C/C(=C\C=C/NO)CCc3cc(Cl)ccc32)CC1. The van der Waals surface area contributed by atoms with Crippen LogP contribution in [0.25, 0.3) is 0 Å². The average molecular weight is 452 g/mol. The minimum Gasteiger partial charge on any atom is -0.342 e. The zero-order valence-electron chi connectivity index (χ0n) is 18.2. The minimum atomic E-state index is 0.199. The smallest absolute Gasteiger partial charge is 0.226 e. The molecule has 1 aromatic carbocycles. The Hall–Kier alpha value is -2.63. The molecule has 0 radical (unpaired) electrons. The highest BCUT2D eigenvalue weighted by molar-refractivity contribution is 6.30. The first kappa shape index (κ1) is 22.6. The quantitative estimate of drug-likeness (QED) is 0.493. The first-order valence-electron chi connectivity index (χ1n) is 11.3. The van der Waals surface area contributed by atoms with E-state index >= 15 is 0 Å². The van der Waals surface area contributed by atoms with E-state index in [0.717, 1.165) is 55.8 Å². The van der Waals surface area contributed by atoms with Gasteiger partial charge in [0.25, 0.3) is 0 Å². The molecule has 2 aromatic rings. The van der Waals surface area contributed by atoms with Gasteiger partial charge in [0.15, 0.2) is 0 Å². The summed E-state index contributed by atoms with van der Waals surface area (Å²) in [4.78, 5) is 18.8. The number of likely N-dealkylation sites (tertiary alicyclic amines) is 1. The number of carbonyl (C=O) groups excluding carboxylic acids is 1. The van der Waals surface area contributed by atoms with Gasteiger partial charge in [0, 0.05) is 36.7 Å². The van der Waals surface area contributed by atoms with Crippen molar-refractivity contribution in [1.29, 1.82) is 0 Å². The van der Waals surface area contributed by atoms with E-state index in [0.29, 0.717) is 18.3 Å². The van der Waals surface area contributed by atoms with Gasteiger partial charge >= 0.3 is 0 Å². The third-order valence-electron chi connectivity index (χ3n) is 6.77. The van der Waals surface area contributed by atoms with E-state index < -0.39 is 0 Å². The predicted octanol–water partition coefficient (Wildman–Crippen LogP) is 5.06. The number of nitrogens with zero attached hydrogens (tertiary/aromatic N) is 2. The molecule has 0 saturated carbocycles. The number of hydroxylamine groups is 1. The molecule has 1 aromatic heterocycles. The second kappa shape index (κ2) is 10.8. The maximum atomic E-state index is 12.8. The highest BCUT2D eigenvalue weighted by atomic mass is 35.5. The van der Waals surface area contributed by atoms with Crippen molar-refractivity contribution in [2.75, 3.05) is 13.1 Å². The van der Waals surface area contributed by atoms with Crippen LogP contribution < -0.4 is 5.48 Å². The van der Waals surface area contributed by atoms with E-state index in [4.69, 9.17) is 16.8 Å². The number of carbonyl (C=O) groups is 1. The summed E-state index contributed by atoms with van der Waals surface area (Å²) < 4.78 is 0. The number of allylic oxidation sites excluding steroid dienone is 3. The van der Waals surface area contributed by atoms with Crippen LogP contribution in [0.5, 0.6) is 0 Å². The molecule has 1 saturated heterocycles. The van der Waals surface area contributed by atoms with Crippen LogP contribution in [0.1, 0.15) is 48.3 Å². The fourth-order valence-corrected chi connectivity index (χ4v) is 5.27. The lowest BCUT2D eigenvalue weighted by Crippen LogP contribution is -2.40. The Balaban J connectivity index is 1.47. The van der Waals surface area contributed by atoms with Crippen LogP contribution in [0.15, 0.2) is 66.7 Å². The number of rotatable bonds is 5. The highest BCUT2D eigenvalue weighted by Crippen LogP contribution is 2.42. The Morgan fingerprint density at radius 2 is 1.97 bits per heavy atom. The normalized spacial score (nSPS) is 20.9. The van der Waals surface area contributed by atoms with Crippen LogP contribution >= 0.6 is 11.6 Å². The number of piperidine rings is 1. The maximum Gasteiger partial charge on any atom is 0.226 e. The molecular weight excluding hydrogens is 422 g/mol. The summed E-state index contributed by atoms with van der Waals surface area (Å²) in [5, 5.41) is 9.61. The van der Waals surface area contributed by atoms with Gasteiger partial charge < -0.3 is 4.90 Å². The fraction of sp³-hybridized carbons (Fsp3) is 0.385. The summed E-state index contributed by atoms with van der Waals surface area (Å²) in [6.45, 7) is 1.61. The van der Waals surface area contributed by atoms with E-state index in [1.165, 1.54) is 22.9 Å². The Bertz CT molecular complexity index is 982. The molecule has 1 aliphatic carbocycles. The van der Waals surface area contributed by atoms with Crippen LogP contribution in [0, 0.1) is 5.92 Å². The van der Waals surface area contributed by atoms with Crippen molar-refractivity contribution >= 4 is 17.5 Å². The number of hydrogen-bond acceptors (Lipinski definition) is 4. The van der Waals surface area contributed by atoms with Gasteiger partial charge in [-0.05, 0) is 91.0 Å². The van der Waals surface area contributed by atoms with E-state index in [1.54, 1.807) is 12.4 Å². The zero-order chi connectivity index (χ0) is 22.3. The van der Waals surface area contributed by atoms with E-state index in [-0.39, 0.29) is 5.91 Å². The third kappa shape index (κ3) is 5.59. The van der Waals surface area contributed by atoms with Crippen LogP contribution in [-0.2, 0) is 17.6 Å². The summed E-state index contributed by atoms with van der Waals surface area (Å²) in [5.74, 6) is 1.15. The van der Waals surface area contributed by atoms with Gasteiger partial charge in [-0.2, -0.15) is 0 Å². The van der Waals surface area contributed by atoms with Gasteiger partial charge in [-0.3, -0.25) is 20.5 Å². The molecule has 2 N–H and O–H groups in total. The van der Waals surface area contributed by atoms with Crippen molar-refractivity contribution in [3.63, 3.8) is 0 Å². The van der Waals surface area contributed by atoms with E-state index in [2.05, 4.69) is 28.7 Å². The topological polar surface area (TPSA) is 65.5 Å². The molecule has 6 heteroatoms. The molecule has 1 amide bonds. The molecule has 1 unspecified atom stereocenters. The average Bonchev–Trinajstić information content (AvgIpc) is 2.99. The molecule has 2 heterocycles. The van der Waals surface area contributed by atoms with Gasteiger partial charge in [-0.1, -0.05) is 29.3 Å². The lowest BCUT2D eigenvalue weighted by Gasteiger charge is -2.37. The number of hydrogen-bond donors (Lipinski definition) is 2. The summed E-state index contributed by atoms with van der Waals surface area (Å²) >= 11 is 6.31. The Labute approximate surface area is 194 Å². The molecule has 0 bridgehead atoms. The van der Waals surface area contributed by atoms with Gasteiger partial charge in [0.05, 0.1) is 6.42 Å². The molecular formula is C26H30ClN3O2. The van der Waals surface area contributed by atoms with Crippen LogP contribution in [0.4, 0.5) is 0 Å². The van der Waals surface area contributed by atoms with Crippen LogP contribution in [0.3, 0.4) is 0 Å². The predicted molar refractivity (Wildman–Crippen MR) is 127 cm³/mol. The first-order chi connectivity index (χ1) is 15.6. The lowest BCUT2D eigenvalue weighted by atomic mass is 9.76. The van der Waals surface area contributed by atoms with Crippen molar-refractivity contribution in [1.82, 2.24) is 15.4 Å². The second-order valence-corrected chi connectivity index (χ2v) is 9.15. The molecule has 2 aliphatic rings. The number of aryl methyl sites for hydroxylation is 1. The van der Waals surface area contributed by atoms with Crippen molar-refractivity contribution < 1.29 is 10.0 Å².